The topological polar surface area (TPSA) is 79.9 Å². The van der Waals surface area contributed by atoms with Crippen molar-refractivity contribution in [2.45, 2.75) is 0 Å². The highest BCUT2D eigenvalue weighted by Crippen LogP contribution is 2.30. The first-order valence-electron chi connectivity index (χ1n) is 5.62. The maximum absolute atomic E-state index is 11.5. The summed E-state index contributed by atoms with van der Waals surface area (Å²) in [6, 6.07) is 5.71. The van der Waals surface area contributed by atoms with Gasteiger partial charge in [-0.05, 0) is 18.2 Å². The lowest BCUT2D eigenvalue weighted by Crippen LogP contribution is -1.98. The van der Waals surface area contributed by atoms with Crippen LogP contribution in [0, 0.1) is 0 Å². The number of nitrogens with zero attached hydrogens (tertiary/aromatic N) is 2. The fraction of sp³-hybridized carbons (Fsp3) is 0.0833. The van der Waals surface area contributed by atoms with Crippen molar-refractivity contribution in [1.29, 1.82) is 0 Å². The average Bonchev–Trinajstić information content (AvgIpc) is 3.04. The highest BCUT2D eigenvalue weighted by atomic mass is 35.5. The summed E-state index contributed by atoms with van der Waals surface area (Å²) >= 11 is 7.05. The van der Waals surface area contributed by atoms with Crippen molar-refractivity contribution in [2.24, 2.45) is 0 Å². The Labute approximate surface area is 122 Å². The zero-order valence-electron chi connectivity index (χ0n) is 10.3. The van der Waals surface area contributed by atoms with Gasteiger partial charge in [-0.15, -0.1) is 0 Å². The van der Waals surface area contributed by atoms with E-state index in [-0.39, 0.29) is 10.0 Å². The zero-order valence-corrected chi connectivity index (χ0v) is 11.9. The van der Waals surface area contributed by atoms with Crippen molar-refractivity contribution in [2.75, 3.05) is 12.4 Å². The maximum Gasteiger partial charge on any atom is 0.351 e. The number of esters is 1. The normalized spacial score (nSPS) is 10.7. The third-order valence-corrected chi connectivity index (χ3v) is 3.98. The van der Waals surface area contributed by atoms with E-state index in [9.17, 15) is 4.79 Å². The minimum atomic E-state index is -0.495. The van der Waals surface area contributed by atoms with Crippen LogP contribution in [0.1, 0.15) is 9.67 Å². The number of hydrogen-bond donors (Lipinski definition) is 2. The van der Waals surface area contributed by atoms with Gasteiger partial charge in [0.05, 0.1) is 18.8 Å². The van der Waals surface area contributed by atoms with Gasteiger partial charge in [-0.1, -0.05) is 22.9 Å². The van der Waals surface area contributed by atoms with Crippen molar-refractivity contribution in [3.8, 4) is 0 Å². The number of carbonyl (C=O) groups is 1. The van der Waals surface area contributed by atoms with Crippen LogP contribution in [0.4, 0.5) is 10.8 Å². The second-order valence-corrected chi connectivity index (χ2v) is 5.28. The number of nitrogens with one attached hydrogen (secondary N) is 2. The van der Waals surface area contributed by atoms with Crippen LogP contribution in [0.25, 0.3) is 10.9 Å². The number of rotatable bonds is 3. The van der Waals surface area contributed by atoms with Crippen LogP contribution in [-0.4, -0.2) is 28.3 Å². The van der Waals surface area contributed by atoms with E-state index in [1.807, 2.05) is 18.2 Å². The highest BCUT2D eigenvalue weighted by molar-refractivity contribution is 7.18. The molecule has 0 fully saturated rings. The Hall–Kier alpha value is -2.12. The van der Waals surface area contributed by atoms with E-state index in [4.69, 9.17) is 11.6 Å². The number of H-pyrrole nitrogens is 1. The molecule has 2 N–H and O–H groups in total. The summed E-state index contributed by atoms with van der Waals surface area (Å²) in [6.45, 7) is 0. The van der Waals surface area contributed by atoms with Crippen LogP contribution >= 0.6 is 22.9 Å². The Balaban J connectivity index is 1.88. The number of anilines is 2. The molecule has 20 heavy (non-hydrogen) atoms. The molecule has 0 amide bonds. The number of halogens is 1. The minimum Gasteiger partial charge on any atom is -0.465 e. The van der Waals surface area contributed by atoms with Gasteiger partial charge in [0.15, 0.2) is 15.2 Å². The number of methoxy groups -OCH3 is 1. The molecule has 3 rings (SSSR count). The lowest BCUT2D eigenvalue weighted by atomic mass is 10.2. The van der Waals surface area contributed by atoms with E-state index in [1.165, 1.54) is 7.11 Å². The number of hydrogen-bond acceptors (Lipinski definition) is 6. The van der Waals surface area contributed by atoms with Crippen molar-refractivity contribution < 1.29 is 9.53 Å². The quantitative estimate of drug-likeness (QED) is 0.726. The fourth-order valence-electron chi connectivity index (χ4n) is 1.72. The Morgan fingerprint density at radius 1 is 1.50 bits per heavy atom. The number of carbonyl (C=O) groups excluding carboxylic acids is 1. The summed E-state index contributed by atoms with van der Waals surface area (Å²) in [6.07, 6.45) is 1.73. The van der Waals surface area contributed by atoms with Gasteiger partial charge >= 0.3 is 5.97 Å². The largest absolute Gasteiger partial charge is 0.465 e. The second-order valence-electron chi connectivity index (χ2n) is 3.93. The third-order valence-electron chi connectivity index (χ3n) is 2.65. The van der Waals surface area contributed by atoms with Gasteiger partial charge in [0, 0.05) is 11.1 Å². The molecule has 0 aliphatic heterocycles. The summed E-state index contributed by atoms with van der Waals surface area (Å²) in [7, 11) is 1.30. The standard InChI is InChI=1S/C12H9ClN4O2S/c1-19-11(18)9-10(13)16-12(20-9)15-7-2-3-8-6(4-7)5-14-17-8/h2-5H,1H3,(H,14,17)(H,15,16). The molecule has 0 aliphatic rings. The summed E-state index contributed by atoms with van der Waals surface area (Å²) in [5.41, 5.74) is 1.78. The van der Waals surface area contributed by atoms with Gasteiger partial charge in [-0.25, -0.2) is 9.78 Å². The van der Waals surface area contributed by atoms with E-state index in [1.54, 1.807) is 6.20 Å². The zero-order chi connectivity index (χ0) is 14.1. The molecule has 0 aliphatic carbocycles. The summed E-state index contributed by atoms with van der Waals surface area (Å²) in [4.78, 5) is 15.8. The smallest absolute Gasteiger partial charge is 0.351 e. The predicted octanol–water partition coefficient (Wildman–Crippen LogP) is 3.20. The van der Waals surface area contributed by atoms with Crippen LogP contribution in [0.5, 0.6) is 0 Å². The molecule has 8 heteroatoms. The van der Waals surface area contributed by atoms with E-state index < -0.39 is 5.97 Å². The van der Waals surface area contributed by atoms with Crippen molar-refractivity contribution >= 4 is 50.6 Å². The molecule has 6 nitrogen and oxygen atoms in total. The molecule has 2 aromatic heterocycles. The number of fused-ring (bicyclic) bond motifs is 1. The molecule has 0 unspecified atom stereocenters. The first-order valence-corrected chi connectivity index (χ1v) is 6.81. The van der Waals surface area contributed by atoms with Crippen LogP contribution in [0.2, 0.25) is 5.15 Å². The molecule has 0 radical (unpaired) electrons. The first-order chi connectivity index (χ1) is 9.67. The Kier molecular flexibility index (Phi) is 3.29. The number of ether oxygens (including phenoxy) is 1. The van der Waals surface area contributed by atoms with E-state index in [2.05, 4.69) is 25.2 Å². The Morgan fingerprint density at radius 3 is 3.15 bits per heavy atom. The Morgan fingerprint density at radius 2 is 2.35 bits per heavy atom. The monoisotopic (exact) mass is 308 g/mol. The molecule has 0 spiro atoms. The van der Waals surface area contributed by atoms with Crippen molar-refractivity contribution in [1.82, 2.24) is 15.2 Å². The highest BCUT2D eigenvalue weighted by Gasteiger charge is 2.17. The maximum atomic E-state index is 11.5. The lowest BCUT2D eigenvalue weighted by Gasteiger charge is -2.01. The van der Waals surface area contributed by atoms with Gasteiger partial charge in [0.2, 0.25) is 0 Å². The lowest BCUT2D eigenvalue weighted by molar-refractivity contribution is 0.0606. The molecule has 0 bridgehead atoms. The van der Waals surface area contributed by atoms with Crippen molar-refractivity contribution in [3.63, 3.8) is 0 Å². The van der Waals surface area contributed by atoms with Gasteiger partial charge in [-0.2, -0.15) is 5.10 Å². The van der Waals surface area contributed by atoms with Crippen LogP contribution < -0.4 is 5.32 Å². The van der Waals surface area contributed by atoms with E-state index in [0.29, 0.717) is 5.13 Å². The molecule has 0 saturated carbocycles. The molecular formula is C12H9ClN4O2S. The fourth-order valence-corrected chi connectivity index (χ4v) is 2.84. The van der Waals surface area contributed by atoms with Gasteiger partial charge < -0.3 is 10.1 Å². The molecule has 3 aromatic rings. The molecular weight excluding hydrogens is 300 g/mol. The van der Waals surface area contributed by atoms with E-state index in [0.717, 1.165) is 27.9 Å². The number of thiazole rings is 1. The summed E-state index contributed by atoms with van der Waals surface area (Å²) in [5, 5.41) is 11.6. The van der Waals surface area contributed by atoms with Crippen LogP contribution in [0.15, 0.2) is 24.4 Å². The molecule has 102 valence electrons. The summed E-state index contributed by atoms with van der Waals surface area (Å²) < 4.78 is 4.63. The molecule has 0 saturated heterocycles. The van der Waals surface area contributed by atoms with Crippen LogP contribution in [-0.2, 0) is 4.74 Å². The van der Waals surface area contributed by atoms with Gasteiger partial charge in [0.25, 0.3) is 0 Å². The molecule has 2 heterocycles. The SMILES string of the molecule is COC(=O)c1sc(Nc2ccc3[nH]ncc3c2)nc1Cl. The number of aromatic nitrogens is 3. The first kappa shape index (κ1) is 12.9. The molecule has 1 aromatic carbocycles. The third kappa shape index (κ3) is 2.33. The Bertz CT molecular complexity index is 783. The van der Waals surface area contributed by atoms with Crippen LogP contribution in [0.3, 0.4) is 0 Å². The predicted molar refractivity (Wildman–Crippen MR) is 77.8 cm³/mol. The second kappa shape index (κ2) is 5.10. The number of benzene rings is 1. The van der Waals surface area contributed by atoms with Gasteiger partial charge in [0.1, 0.15) is 0 Å². The number of aromatic amines is 1. The summed E-state index contributed by atoms with van der Waals surface area (Å²) in [5.74, 6) is -0.495. The molecule has 0 atom stereocenters. The van der Waals surface area contributed by atoms with Crippen molar-refractivity contribution in [3.05, 3.63) is 34.4 Å². The van der Waals surface area contributed by atoms with E-state index >= 15 is 0 Å². The minimum absolute atomic E-state index is 0.133. The van der Waals surface area contributed by atoms with Gasteiger partial charge in [-0.3, -0.25) is 5.10 Å². The average molecular weight is 309 g/mol.